The number of nitrogens with one attached hydrogen (secondary N) is 1. The third-order valence-corrected chi connectivity index (χ3v) is 4.09. The van der Waals surface area contributed by atoms with Gasteiger partial charge in [0, 0.05) is 21.7 Å². The second kappa shape index (κ2) is 5.29. The maximum absolute atomic E-state index is 13.3. The number of nitrogens with two attached hydrogens (primary N) is 1. The highest BCUT2D eigenvalue weighted by atomic mass is 32.2. The minimum Gasteiger partial charge on any atom is -0.300 e. The molecule has 0 saturated heterocycles. The zero-order chi connectivity index (χ0) is 11.4. The molecule has 16 heavy (non-hydrogen) atoms. The van der Waals surface area contributed by atoms with Gasteiger partial charge in [0.1, 0.15) is 5.82 Å². The Labute approximate surface area is 101 Å². The molecule has 1 heterocycles. The Morgan fingerprint density at radius 2 is 2.25 bits per heavy atom. The molecule has 0 aliphatic carbocycles. The van der Waals surface area contributed by atoms with Gasteiger partial charge < -0.3 is 0 Å². The lowest BCUT2D eigenvalue weighted by Gasteiger charge is -2.00. The number of hydrazine groups is 1. The Hall–Kier alpha value is -1.11. The van der Waals surface area contributed by atoms with Crippen LogP contribution in [0.2, 0.25) is 0 Å². The summed E-state index contributed by atoms with van der Waals surface area (Å²) in [5.41, 5.74) is 2.48. The van der Waals surface area contributed by atoms with Gasteiger partial charge in [-0.05, 0) is 12.1 Å². The summed E-state index contributed by atoms with van der Waals surface area (Å²) in [6.45, 7) is 0. The van der Waals surface area contributed by atoms with Crippen LogP contribution in [0.1, 0.15) is 4.88 Å². The zero-order valence-corrected chi connectivity index (χ0v) is 9.95. The average Bonchev–Trinajstić information content (AvgIpc) is 2.76. The molecular weight excluding hydrogens is 245 g/mol. The van der Waals surface area contributed by atoms with E-state index in [1.54, 1.807) is 18.3 Å². The third-order valence-electron chi connectivity index (χ3n) is 1.88. The molecule has 0 saturated carbocycles. The Kier molecular flexibility index (Phi) is 3.76. The van der Waals surface area contributed by atoms with Crippen LogP contribution in [0.5, 0.6) is 0 Å². The van der Waals surface area contributed by atoms with Crippen molar-refractivity contribution in [1.29, 1.82) is 0 Å². The largest absolute Gasteiger partial charge is 0.300 e. The molecule has 0 radical (unpaired) electrons. The monoisotopic (exact) mass is 255 g/mol. The van der Waals surface area contributed by atoms with Crippen molar-refractivity contribution in [2.24, 2.45) is 5.84 Å². The highest BCUT2D eigenvalue weighted by Gasteiger charge is 2.04. The molecule has 2 rings (SSSR count). The highest BCUT2D eigenvalue weighted by Crippen LogP contribution is 2.28. The van der Waals surface area contributed by atoms with Crippen LogP contribution in [0.4, 0.5) is 9.52 Å². The molecule has 0 aliphatic rings. The SMILES string of the molecule is NNc1ncc(CSc2ccccc2F)s1. The van der Waals surface area contributed by atoms with E-state index < -0.39 is 0 Å². The molecule has 0 unspecified atom stereocenters. The topological polar surface area (TPSA) is 50.9 Å². The maximum Gasteiger partial charge on any atom is 0.197 e. The van der Waals surface area contributed by atoms with E-state index in [0.29, 0.717) is 15.8 Å². The summed E-state index contributed by atoms with van der Waals surface area (Å²) in [5.74, 6) is 5.73. The van der Waals surface area contributed by atoms with Crippen molar-refractivity contribution in [3.8, 4) is 0 Å². The first-order valence-electron chi connectivity index (χ1n) is 4.58. The smallest absolute Gasteiger partial charge is 0.197 e. The first kappa shape index (κ1) is 11.4. The number of rotatable bonds is 4. The molecule has 0 aliphatic heterocycles. The van der Waals surface area contributed by atoms with Gasteiger partial charge in [0.2, 0.25) is 0 Å². The number of hydrogen-bond donors (Lipinski definition) is 2. The number of thiazole rings is 1. The molecule has 1 aromatic carbocycles. The van der Waals surface area contributed by atoms with E-state index in [4.69, 9.17) is 5.84 Å². The van der Waals surface area contributed by atoms with Crippen molar-refractivity contribution in [2.45, 2.75) is 10.6 Å². The van der Waals surface area contributed by atoms with Crippen LogP contribution < -0.4 is 11.3 Å². The lowest BCUT2D eigenvalue weighted by atomic mass is 10.3. The number of nitrogen functional groups attached to an aromatic ring is 1. The average molecular weight is 255 g/mol. The van der Waals surface area contributed by atoms with E-state index in [9.17, 15) is 4.39 Å². The predicted octanol–water partition coefficient (Wildman–Crippen LogP) is 2.86. The molecule has 84 valence electrons. The number of nitrogens with zero attached hydrogens (tertiary/aromatic N) is 1. The Balaban J connectivity index is 1.99. The summed E-state index contributed by atoms with van der Waals surface area (Å²) in [7, 11) is 0. The summed E-state index contributed by atoms with van der Waals surface area (Å²) >= 11 is 2.92. The van der Waals surface area contributed by atoms with Crippen LogP contribution in [0.3, 0.4) is 0 Å². The molecule has 2 aromatic rings. The fraction of sp³-hybridized carbons (Fsp3) is 0.100. The van der Waals surface area contributed by atoms with E-state index >= 15 is 0 Å². The van der Waals surface area contributed by atoms with E-state index in [1.165, 1.54) is 29.2 Å². The van der Waals surface area contributed by atoms with Crippen LogP contribution in [0.15, 0.2) is 35.4 Å². The molecule has 0 atom stereocenters. The van der Waals surface area contributed by atoms with Gasteiger partial charge in [-0.1, -0.05) is 12.1 Å². The highest BCUT2D eigenvalue weighted by molar-refractivity contribution is 7.98. The van der Waals surface area contributed by atoms with Gasteiger partial charge in [-0.3, -0.25) is 5.43 Å². The molecule has 0 amide bonds. The number of hydrogen-bond acceptors (Lipinski definition) is 5. The standard InChI is InChI=1S/C10H10FN3S2/c11-8-3-1-2-4-9(8)15-6-7-5-13-10(14-12)16-7/h1-5H,6,12H2,(H,13,14). The van der Waals surface area contributed by atoms with Gasteiger partial charge in [-0.25, -0.2) is 15.2 Å². The summed E-state index contributed by atoms with van der Waals surface area (Å²) in [4.78, 5) is 5.75. The van der Waals surface area contributed by atoms with Crippen LogP contribution in [0.25, 0.3) is 0 Å². The fourth-order valence-corrected chi connectivity index (χ4v) is 2.84. The van der Waals surface area contributed by atoms with E-state index in [2.05, 4.69) is 10.4 Å². The van der Waals surface area contributed by atoms with Gasteiger partial charge in [0.15, 0.2) is 5.13 Å². The van der Waals surface area contributed by atoms with Crippen LogP contribution >= 0.6 is 23.1 Å². The number of aromatic nitrogens is 1. The van der Waals surface area contributed by atoms with Crippen LogP contribution in [-0.4, -0.2) is 4.98 Å². The minimum absolute atomic E-state index is 0.186. The quantitative estimate of drug-likeness (QED) is 0.501. The summed E-state index contributed by atoms with van der Waals surface area (Å²) < 4.78 is 13.3. The summed E-state index contributed by atoms with van der Waals surface area (Å²) in [6.07, 6.45) is 1.74. The van der Waals surface area contributed by atoms with Crippen molar-refractivity contribution in [3.63, 3.8) is 0 Å². The summed E-state index contributed by atoms with van der Waals surface area (Å²) in [6, 6.07) is 6.73. The van der Waals surface area contributed by atoms with Gasteiger partial charge in [0.25, 0.3) is 0 Å². The zero-order valence-electron chi connectivity index (χ0n) is 8.31. The normalized spacial score (nSPS) is 10.4. The van der Waals surface area contributed by atoms with Gasteiger partial charge in [0.05, 0.1) is 0 Å². The Morgan fingerprint density at radius 3 is 2.94 bits per heavy atom. The summed E-state index contributed by atoms with van der Waals surface area (Å²) in [5, 5.41) is 0.670. The maximum atomic E-state index is 13.3. The van der Waals surface area contributed by atoms with E-state index in [-0.39, 0.29) is 5.82 Å². The van der Waals surface area contributed by atoms with Crippen molar-refractivity contribution >= 4 is 28.2 Å². The molecule has 1 aromatic heterocycles. The molecule has 3 N–H and O–H groups in total. The fourth-order valence-electron chi connectivity index (χ4n) is 1.15. The predicted molar refractivity (Wildman–Crippen MR) is 65.9 cm³/mol. The van der Waals surface area contributed by atoms with Gasteiger partial charge in [-0.2, -0.15) is 0 Å². The molecule has 0 bridgehead atoms. The number of thioether (sulfide) groups is 1. The first-order chi connectivity index (χ1) is 7.79. The van der Waals surface area contributed by atoms with Crippen molar-refractivity contribution < 1.29 is 4.39 Å². The van der Waals surface area contributed by atoms with Crippen LogP contribution in [0, 0.1) is 5.82 Å². The van der Waals surface area contributed by atoms with Crippen molar-refractivity contribution in [1.82, 2.24) is 4.98 Å². The van der Waals surface area contributed by atoms with Crippen molar-refractivity contribution in [2.75, 3.05) is 5.43 Å². The number of benzene rings is 1. The molecule has 0 spiro atoms. The first-order valence-corrected chi connectivity index (χ1v) is 6.38. The molecule has 6 heteroatoms. The third kappa shape index (κ3) is 2.72. The lowest BCUT2D eigenvalue weighted by Crippen LogP contribution is -2.05. The Bertz CT molecular complexity index is 473. The Morgan fingerprint density at radius 1 is 1.44 bits per heavy atom. The van der Waals surface area contributed by atoms with E-state index in [1.807, 2.05) is 6.07 Å². The number of halogens is 1. The lowest BCUT2D eigenvalue weighted by molar-refractivity contribution is 0.602. The minimum atomic E-state index is -0.186. The molecular formula is C10H10FN3S2. The molecule has 0 fully saturated rings. The van der Waals surface area contributed by atoms with Crippen molar-refractivity contribution in [3.05, 3.63) is 41.2 Å². The molecule has 3 nitrogen and oxygen atoms in total. The second-order valence-corrected chi connectivity index (χ2v) is 5.13. The van der Waals surface area contributed by atoms with Gasteiger partial charge >= 0.3 is 0 Å². The van der Waals surface area contributed by atoms with Crippen LogP contribution in [-0.2, 0) is 5.75 Å². The van der Waals surface area contributed by atoms with Gasteiger partial charge in [-0.15, -0.1) is 23.1 Å². The number of anilines is 1. The second-order valence-electron chi connectivity index (χ2n) is 3.00. The van der Waals surface area contributed by atoms with E-state index in [0.717, 1.165) is 4.88 Å².